The molecule has 1 aromatic rings. The first-order valence-corrected chi connectivity index (χ1v) is 9.84. The molecule has 0 aliphatic rings. The summed E-state index contributed by atoms with van der Waals surface area (Å²) in [5.41, 5.74) is 7.81. The van der Waals surface area contributed by atoms with E-state index < -0.39 is 0 Å². The van der Waals surface area contributed by atoms with Crippen LogP contribution in [0.1, 0.15) is 88.1 Å². The number of rotatable bonds is 13. The molecule has 0 amide bonds. The molecule has 4 nitrogen and oxygen atoms in total. The first-order chi connectivity index (χ1) is 12.0. The number of hydrogen-bond acceptors (Lipinski definition) is 4. The van der Waals surface area contributed by atoms with Gasteiger partial charge in [0.25, 0.3) is 0 Å². The van der Waals surface area contributed by atoms with E-state index in [0.717, 1.165) is 25.9 Å². The number of unbranched alkanes of at least 4 members (excludes halogenated alkanes) is 6. The SMILES string of the molecule is CCCCCCN(CCCCCC)Cc1c(O)ccc(C(C)=O)c1N. The summed E-state index contributed by atoms with van der Waals surface area (Å²) in [7, 11) is 0. The summed E-state index contributed by atoms with van der Waals surface area (Å²) in [6.07, 6.45) is 9.76. The third kappa shape index (κ3) is 7.47. The van der Waals surface area contributed by atoms with Crippen LogP contribution in [0.5, 0.6) is 5.75 Å². The van der Waals surface area contributed by atoms with Crippen molar-refractivity contribution in [3.63, 3.8) is 0 Å². The summed E-state index contributed by atoms with van der Waals surface area (Å²) in [4.78, 5) is 14.1. The van der Waals surface area contributed by atoms with E-state index in [1.807, 2.05) is 0 Å². The highest BCUT2D eigenvalue weighted by Gasteiger charge is 2.16. The van der Waals surface area contributed by atoms with Gasteiger partial charge < -0.3 is 10.8 Å². The zero-order valence-electron chi connectivity index (χ0n) is 16.3. The largest absolute Gasteiger partial charge is 0.508 e. The lowest BCUT2D eigenvalue weighted by molar-refractivity contribution is 0.101. The fourth-order valence-electron chi connectivity index (χ4n) is 3.14. The van der Waals surface area contributed by atoms with Crippen LogP contribution in [0.3, 0.4) is 0 Å². The van der Waals surface area contributed by atoms with E-state index in [1.54, 1.807) is 12.1 Å². The summed E-state index contributed by atoms with van der Waals surface area (Å²) < 4.78 is 0. The van der Waals surface area contributed by atoms with E-state index in [-0.39, 0.29) is 11.5 Å². The molecule has 0 atom stereocenters. The van der Waals surface area contributed by atoms with Crippen LogP contribution >= 0.6 is 0 Å². The molecule has 1 rings (SSSR count). The second kappa shape index (κ2) is 11.9. The van der Waals surface area contributed by atoms with Crippen molar-refractivity contribution < 1.29 is 9.90 Å². The molecule has 0 saturated carbocycles. The predicted molar refractivity (Wildman–Crippen MR) is 106 cm³/mol. The van der Waals surface area contributed by atoms with Crippen LogP contribution in [0.25, 0.3) is 0 Å². The Hall–Kier alpha value is -1.55. The number of aromatic hydroxyl groups is 1. The average Bonchev–Trinajstić information content (AvgIpc) is 2.58. The lowest BCUT2D eigenvalue weighted by Crippen LogP contribution is -2.26. The van der Waals surface area contributed by atoms with Crippen LogP contribution in [0.15, 0.2) is 12.1 Å². The number of nitrogens with zero attached hydrogens (tertiary/aromatic N) is 1. The molecule has 0 fully saturated rings. The number of anilines is 1. The maximum absolute atomic E-state index is 11.7. The molecule has 0 saturated heterocycles. The summed E-state index contributed by atoms with van der Waals surface area (Å²) in [6.45, 7) is 8.57. The van der Waals surface area contributed by atoms with Crippen molar-refractivity contribution in [3.8, 4) is 5.75 Å². The van der Waals surface area contributed by atoms with Gasteiger partial charge in [0.1, 0.15) is 5.75 Å². The Bertz CT molecular complexity index is 517. The molecule has 0 aliphatic carbocycles. The van der Waals surface area contributed by atoms with Crippen LogP contribution in [0.4, 0.5) is 5.69 Å². The summed E-state index contributed by atoms with van der Waals surface area (Å²) in [5, 5.41) is 10.2. The lowest BCUT2D eigenvalue weighted by atomic mass is 10.0. The molecule has 1 aromatic carbocycles. The molecule has 3 N–H and O–H groups in total. The normalized spacial score (nSPS) is 11.2. The van der Waals surface area contributed by atoms with Crippen LogP contribution < -0.4 is 5.73 Å². The minimum Gasteiger partial charge on any atom is -0.508 e. The highest BCUT2D eigenvalue weighted by atomic mass is 16.3. The Morgan fingerprint density at radius 3 is 2.04 bits per heavy atom. The number of phenols is 1. The number of benzene rings is 1. The number of ketones is 1. The Balaban J connectivity index is 2.80. The second-order valence-electron chi connectivity index (χ2n) is 6.98. The van der Waals surface area contributed by atoms with Gasteiger partial charge in [-0.15, -0.1) is 0 Å². The van der Waals surface area contributed by atoms with Gasteiger partial charge in [0.2, 0.25) is 0 Å². The number of carbonyl (C=O) groups is 1. The smallest absolute Gasteiger partial charge is 0.161 e. The number of carbonyl (C=O) groups excluding carboxylic acids is 1. The van der Waals surface area contributed by atoms with E-state index in [0.29, 0.717) is 23.4 Å². The van der Waals surface area contributed by atoms with E-state index in [2.05, 4.69) is 18.7 Å². The van der Waals surface area contributed by atoms with Crippen molar-refractivity contribution in [2.45, 2.75) is 78.7 Å². The molecule has 25 heavy (non-hydrogen) atoms. The van der Waals surface area contributed by atoms with Gasteiger partial charge in [-0.3, -0.25) is 9.69 Å². The maximum atomic E-state index is 11.7. The van der Waals surface area contributed by atoms with Crippen LogP contribution in [0.2, 0.25) is 0 Å². The van der Waals surface area contributed by atoms with E-state index in [1.165, 1.54) is 45.4 Å². The molecule has 0 aromatic heterocycles. The van der Waals surface area contributed by atoms with Gasteiger partial charge in [-0.2, -0.15) is 0 Å². The van der Waals surface area contributed by atoms with Crippen molar-refractivity contribution in [3.05, 3.63) is 23.3 Å². The van der Waals surface area contributed by atoms with Crippen LogP contribution in [-0.4, -0.2) is 28.9 Å². The fraction of sp³-hybridized carbons (Fsp3) is 0.667. The first-order valence-electron chi connectivity index (χ1n) is 9.84. The van der Waals surface area contributed by atoms with E-state index in [4.69, 9.17) is 5.73 Å². The van der Waals surface area contributed by atoms with E-state index in [9.17, 15) is 9.90 Å². The van der Waals surface area contributed by atoms with Crippen LogP contribution in [0, 0.1) is 0 Å². The highest BCUT2D eigenvalue weighted by molar-refractivity contribution is 6.00. The molecule has 0 heterocycles. The standard InChI is InChI=1S/C21H36N2O2/c1-4-6-8-10-14-23(15-11-9-7-5-2)16-19-20(25)13-12-18(17(3)24)21(19)22/h12-13,25H,4-11,14-16,22H2,1-3H3. The molecule has 0 bridgehead atoms. The van der Waals surface area contributed by atoms with Gasteiger partial charge in [0, 0.05) is 17.7 Å². The molecular weight excluding hydrogens is 312 g/mol. The van der Waals surface area contributed by atoms with Crippen molar-refractivity contribution in [2.75, 3.05) is 18.8 Å². The number of Topliss-reactive ketones (excluding diaryl/α,β-unsaturated/α-hetero) is 1. The third-order valence-electron chi connectivity index (χ3n) is 4.75. The summed E-state index contributed by atoms with van der Waals surface area (Å²) >= 11 is 0. The third-order valence-corrected chi connectivity index (χ3v) is 4.75. The van der Waals surface area contributed by atoms with Crippen LogP contribution in [-0.2, 0) is 6.54 Å². The van der Waals surface area contributed by atoms with Gasteiger partial charge in [-0.05, 0) is 45.0 Å². The first kappa shape index (κ1) is 21.5. The van der Waals surface area contributed by atoms with Crippen molar-refractivity contribution >= 4 is 11.5 Å². The number of nitrogen functional groups attached to an aromatic ring is 1. The summed E-state index contributed by atoms with van der Waals surface area (Å²) in [5.74, 6) is 0.130. The highest BCUT2D eigenvalue weighted by Crippen LogP contribution is 2.29. The fourth-order valence-corrected chi connectivity index (χ4v) is 3.14. The Kier molecular flexibility index (Phi) is 10.2. The molecule has 142 valence electrons. The molecular formula is C21H36N2O2. The average molecular weight is 349 g/mol. The Morgan fingerprint density at radius 2 is 1.56 bits per heavy atom. The lowest BCUT2D eigenvalue weighted by Gasteiger charge is -2.24. The molecule has 0 unspecified atom stereocenters. The maximum Gasteiger partial charge on any atom is 0.161 e. The second-order valence-corrected chi connectivity index (χ2v) is 6.98. The molecule has 0 aliphatic heterocycles. The Morgan fingerprint density at radius 1 is 1.00 bits per heavy atom. The Labute approximate surface area is 153 Å². The predicted octanol–water partition coefficient (Wildman–Crippen LogP) is 5.14. The van der Waals surface area contributed by atoms with E-state index >= 15 is 0 Å². The molecule has 0 spiro atoms. The van der Waals surface area contributed by atoms with Gasteiger partial charge in [-0.25, -0.2) is 0 Å². The summed E-state index contributed by atoms with van der Waals surface area (Å²) in [6, 6.07) is 3.21. The van der Waals surface area contributed by atoms with Gasteiger partial charge in [0.05, 0.1) is 5.69 Å². The number of hydrogen-bond donors (Lipinski definition) is 2. The van der Waals surface area contributed by atoms with Crippen molar-refractivity contribution in [2.24, 2.45) is 0 Å². The molecule has 4 heteroatoms. The zero-order chi connectivity index (χ0) is 18.7. The van der Waals surface area contributed by atoms with Gasteiger partial charge in [0.15, 0.2) is 5.78 Å². The van der Waals surface area contributed by atoms with Crippen molar-refractivity contribution in [1.29, 1.82) is 0 Å². The number of nitrogens with two attached hydrogens (primary N) is 1. The van der Waals surface area contributed by atoms with Crippen molar-refractivity contribution in [1.82, 2.24) is 4.90 Å². The minimum absolute atomic E-state index is 0.0591. The topological polar surface area (TPSA) is 66.6 Å². The monoisotopic (exact) mass is 348 g/mol. The quantitative estimate of drug-likeness (QED) is 0.294. The van der Waals surface area contributed by atoms with Gasteiger partial charge >= 0.3 is 0 Å². The molecule has 0 radical (unpaired) electrons. The zero-order valence-corrected chi connectivity index (χ0v) is 16.3. The van der Waals surface area contributed by atoms with Gasteiger partial charge in [-0.1, -0.05) is 52.4 Å². The number of phenolic OH excluding ortho intramolecular Hbond substituents is 1. The minimum atomic E-state index is -0.0591.